The van der Waals surface area contributed by atoms with E-state index in [0.29, 0.717) is 11.7 Å². The minimum Gasteiger partial charge on any atom is -0.300 e. The molecule has 0 amide bonds. The van der Waals surface area contributed by atoms with Crippen molar-refractivity contribution >= 4 is 27.4 Å². The van der Waals surface area contributed by atoms with E-state index in [2.05, 4.69) is 11.9 Å². The van der Waals surface area contributed by atoms with Crippen molar-refractivity contribution in [1.82, 2.24) is 4.98 Å². The summed E-state index contributed by atoms with van der Waals surface area (Å²) in [7, 11) is 3.31. The maximum Gasteiger partial charge on any atom is 0.130 e. The van der Waals surface area contributed by atoms with Crippen molar-refractivity contribution in [3.63, 3.8) is 0 Å². The Kier molecular flexibility index (Phi) is 5.04. The molecule has 0 N–H and O–H groups in total. The minimum absolute atomic E-state index is 0.242. The molecule has 1 rings (SSSR count). The zero-order valence-electron chi connectivity index (χ0n) is 8.27. The predicted molar refractivity (Wildman–Crippen MR) is 62.4 cm³/mol. The Morgan fingerprint density at radius 2 is 2.36 bits per heavy atom. The molecule has 0 radical (unpaired) electrons. The average Bonchev–Trinajstić information content (AvgIpc) is 2.15. The summed E-state index contributed by atoms with van der Waals surface area (Å²) in [5.74, 6) is 0.242. The van der Waals surface area contributed by atoms with Crippen molar-refractivity contribution in [3.8, 4) is 0 Å². The number of Topliss-reactive ketones (excluding diaryl/α,β-unsaturated/α-hetero) is 1. The van der Waals surface area contributed by atoms with Crippen molar-refractivity contribution in [2.75, 3.05) is 0 Å². The second-order valence-corrected chi connectivity index (χ2v) is 5.72. The topological polar surface area (TPSA) is 30.0 Å². The highest BCUT2D eigenvalue weighted by atomic mass is 33.1. The first-order valence-electron chi connectivity index (χ1n) is 4.42. The van der Waals surface area contributed by atoms with Crippen LogP contribution in [0, 0.1) is 0 Å². The molecule has 0 spiro atoms. The molecule has 1 aromatic heterocycles. The van der Waals surface area contributed by atoms with Gasteiger partial charge in [-0.1, -0.05) is 23.8 Å². The van der Waals surface area contributed by atoms with Crippen LogP contribution in [-0.2, 0) is 4.79 Å². The summed E-state index contributed by atoms with van der Waals surface area (Å²) in [6.07, 6.45) is 2.41. The molecule has 0 bridgehead atoms. The summed E-state index contributed by atoms with van der Waals surface area (Å²) in [5, 5.41) is 1.34. The van der Waals surface area contributed by atoms with Gasteiger partial charge in [-0.25, -0.2) is 4.98 Å². The van der Waals surface area contributed by atoms with Crippen molar-refractivity contribution in [1.29, 1.82) is 0 Å². The molecule has 1 atom stereocenters. The van der Waals surface area contributed by atoms with Gasteiger partial charge < -0.3 is 0 Å². The molecule has 76 valence electrons. The third-order valence-corrected chi connectivity index (χ3v) is 4.30. The molecule has 14 heavy (non-hydrogen) atoms. The van der Waals surface area contributed by atoms with Gasteiger partial charge in [-0.15, -0.1) is 0 Å². The second kappa shape index (κ2) is 6.09. The van der Waals surface area contributed by atoms with Crippen LogP contribution in [-0.4, -0.2) is 16.0 Å². The number of carbonyl (C=O) groups is 1. The van der Waals surface area contributed by atoms with E-state index in [0.717, 1.165) is 5.03 Å². The van der Waals surface area contributed by atoms with Gasteiger partial charge in [0.05, 0.1) is 0 Å². The number of hydrogen-bond donors (Lipinski definition) is 0. The lowest BCUT2D eigenvalue weighted by Gasteiger charge is -2.06. The minimum atomic E-state index is 0.242. The molecule has 0 saturated heterocycles. The first-order valence-corrected chi connectivity index (χ1v) is 6.63. The number of carbonyl (C=O) groups excluding carboxylic acids is 1. The van der Waals surface area contributed by atoms with Gasteiger partial charge in [-0.3, -0.25) is 4.79 Å². The van der Waals surface area contributed by atoms with E-state index in [1.807, 2.05) is 18.2 Å². The highest BCUT2D eigenvalue weighted by molar-refractivity contribution is 8.76. The fourth-order valence-corrected chi connectivity index (χ4v) is 3.06. The maximum absolute atomic E-state index is 10.8. The molecule has 0 saturated carbocycles. The molecule has 0 aliphatic rings. The van der Waals surface area contributed by atoms with Gasteiger partial charge in [0.15, 0.2) is 0 Å². The first kappa shape index (κ1) is 11.6. The zero-order chi connectivity index (χ0) is 10.4. The van der Waals surface area contributed by atoms with Gasteiger partial charge in [-0.05, 0) is 29.9 Å². The third-order valence-electron chi connectivity index (χ3n) is 1.51. The van der Waals surface area contributed by atoms with Crippen molar-refractivity contribution in [2.24, 2.45) is 0 Å². The predicted octanol–water partition coefficient (Wildman–Crippen LogP) is 3.19. The Hall–Kier alpha value is -0.480. The molecule has 1 aromatic rings. The maximum atomic E-state index is 10.8. The molecule has 1 unspecified atom stereocenters. The van der Waals surface area contributed by atoms with Crippen LogP contribution >= 0.6 is 21.6 Å². The van der Waals surface area contributed by atoms with Crippen molar-refractivity contribution in [3.05, 3.63) is 24.4 Å². The summed E-state index contributed by atoms with van der Waals surface area (Å²) in [5.41, 5.74) is 0. The van der Waals surface area contributed by atoms with E-state index in [4.69, 9.17) is 0 Å². The number of hydrogen-bond acceptors (Lipinski definition) is 4. The van der Waals surface area contributed by atoms with Gasteiger partial charge in [0.25, 0.3) is 0 Å². The standard InChI is InChI=1S/C10H13NOS2/c1-8(12)7-9(2)13-14-10-5-3-4-6-11-10/h3-6,9H,7H2,1-2H3. The molecule has 4 heteroatoms. The molecule has 2 nitrogen and oxygen atoms in total. The zero-order valence-corrected chi connectivity index (χ0v) is 9.90. The van der Waals surface area contributed by atoms with Crippen LogP contribution in [0.15, 0.2) is 29.4 Å². The molecule has 1 heterocycles. The first-order chi connectivity index (χ1) is 6.68. The Balaban J connectivity index is 2.30. The smallest absolute Gasteiger partial charge is 0.130 e. The number of nitrogens with zero attached hydrogens (tertiary/aromatic N) is 1. The highest BCUT2D eigenvalue weighted by Crippen LogP contribution is 2.33. The monoisotopic (exact) mass is 227 g/mol. The highest BCUT2D eigenvalue weighted by Gasteiger charge is 2.06. The van der Waals surface area contributed by atoms with Crippen LogP contribution in [0.25, 0.3) is 0 Å². The van der Waals surface area contributed by atoms with E-state index in [9.17, 15) is 4.79 Å². The van der Waals surface area contributed by atoms with Gasteiger partial charge in [0.1, 0.15) is 10.8 Å². The van der Waals surface area contributed by atoms with Gasteiger partial charge >= 0.3 is 0 Å². The molecular weight excluding hydrogens is 214 g/mol. The second-order valence-electron chi connectivity index (χ2n) is 3.06. The summed E-state index contributed by atoms with van der Waals surface area (Å²) in [6.45, 7) is 3.69. The average molecular weight is 227 g/mol. The molecule has 0 aliphatic heterocycles. The molecule has 0 aliphatic carbocycles. The van der Waals surface area contributed by atoms with E-state index >= 15 is 0 Å². The van der Waals surface area contributed by atoms with Crippen LogP contribution in [0.4, 0.5) is 0 Å². The fraction of sp³-hybridized carbons (Fsp3) is 0.400. The third kappa shape index (κ3) is 4.67. The lowest BCUT2D eigenvalue weighted by atomic mass is 10.2. The van der Waals surface area contributed by atoms with E-state index in [-0.39, 0.29) is 5.78 Å². The number of aromatic nitrogens is 1. The van der Waals surface area contributed by atoms with Crippen LogP contribution in [0.1, 0.15) is 20.3 Å². The Morgan fingerprint density at radius 1 is 1.57 bits per heavy atom. The molecular formula is C10H13NOS2. The van der Waals surface area contributed by atoms with Crippen molar-refractivity contribution in [2.45, 2.75) is 30.5 Å². The molecule has 0 fully saturated rings. The van der Waals surface area contributed by atoms with E-state index in [1.54, 1.807) is 34.7 Å². The van der Waals surface area contributed by atoms with Gasteiger partial charge in [0, 0.05) is 17.9 Å². The largest absolute Gasteiger partial charge is 0.300 e. The van der Waals surface area contributed by atoms with Crippen molar-refractivity contribution < 1.29 is 4.79 Å². The summed E-state index contributed by atoms with van der Waals surface area (Å²) < 4.78 is 0. The Bertz CT molecular complexity index is 289. The summed E-state index contributed by atoms with van der Waals surface area (Å²) >= 11 is 0. The SMILES string of the molecule is CC(=O)CC(C)SSc1ccccn1. The van der Waals surface area contributed by atoms with E-state index in [1.165, 1.54) is 0 Å². The van der Waals surface area contributed by atoms with Gasteiger partial charge in [-0.2, -0.15) is 0 Å². The van der Waals surface area contributed by atoms with Crippen LogP contribution in [0.2, 0.25) is 0 Å². The quantitative estimate of drug-likeness (QED) is 0.723. The lowest BCUT2D eigenvalue weighted by molar-refractivity contribution is -0.116. The Labute approximate surface area is 92.3 Å². The molecule has 0 aromatic carbocycles. The lowest BCUT2D eigenvalue weighted by Crippen LogP contribution is -2.01. The summed E-state index contributed by atoms with van der Waals surface area (Å²) in [4.78, 5) is 15.0. The normalized spacial score (nSPS) is 12.4. The fourth-order valence-electron chi connectivity index (χ4n) is 0.967. The number of rotatable bonds is 5. The number of ketones is 1. The van der Waals surface area contributed by atoms with Crippen LogP contribution in [0.3, 0.4) is 0 Å². The van der Waals surface area contributed by atoms with E-state index < -0.39 is 0 Å². The van der Waals surface area contributed by atoms with Crippen LogP contribution in [0.5, 0.6) is 0 Å². The summed E-state index contributed by atoms with van der Waals surface area (Å²) in [6, 6.07) is 5.83. The van der Waals surface area contributed by atoms with Crippen LogP contribution < -0.4 is 0 Å². The number of pyridine rings is 1. The van der Waals surface area contributed by atoms with Gasteiger partial charge in [0.2, 0.25) is 0 Å². The Morgan fingerprint density at radius 3 is 2.93 bits per heavy atom.